The zero-order chi connectivity index (χ0) is 11.8. The minimum atomic E-state index is 0. The predicted molar refractivity (Wildman–Crippen MR) is 83.0 cm³/mol. The van der Waals surface area contributed by atoms with Gasteiger partial charge < -0.3 is 9.72 Å². The average Bonchev–Trinajstić information content (AvgIpc) is 2.91. The summed E-state index contributed by atoms with van der Waals surface area (Å²) in [7, 11) is 1.68. The first-order chi connectivity index (χ1) is 8.29. The molecule has 3 aromatic rings. The molecule has 19 heavy (non-hydrogen) atoms. The number of H-pyrrole nitrogens is 1. The summed E-state index contributed by atoms with van der Waals surface area (Å²) >= 11 is 1.58. The van der Waals surface area contributed by atoms with Gasteiger partial charge in [-0.25, -0.2) is 4.98 Å². The van der Waals surface area contributed by atoms with E-state index < -0.39 is 0 Å². The smallest absolute Gasteiger partial charge is 0.184 e. The first kappa shape index (κ1) is 15.8. The molecule has 4 nitrogen and oxygen atoms in total. The van der Waals surface area contributed by atoms with Gasteiger partial charge >= 0.3 is 0 Å². The number of hydrogen-bond donors (Lipinski definition) is 1. The maximum atomic E-state index is 5.36. The van der Waals surface area contributed by atoms with Crippen molar-refractivity contribution < 1.29 is 4.74 Å². The lowest BCUT2D eigenvalue weighted by molar-refractivity contribution is 0.428. The Balaban J connectivity index is 0.000000902. The summed E-state index contributed by atoms with van der Waals surface area (Å²) < 4.78 is 5.36. The quantitative estimate of drug-likeness (QED) is 0.781. The largest absolute Gasteiger partial charge is 0.487 e. The lowest BCUT2D eigenvalue weighted by atomic mass is 10.2. The number of ether oxygens (including phenoxy) is 1. The van der Waals surface area contributed by atoms with Crippen LogP contribution in [-0.2, 0) is 0 Å². The van der Waals surface area contributed by atoms with Crippen molar-refractivity contribution in [2.24, 2.45) is 0 Å². The number of halogens is 2. The van der Waals surface area contributed by atoms with Crippen LogP contribution in [-0.4, -0.2) is 22.1 Å². The van der Waals surface area contributed by atoms with Crippen molar-refractivity contribution in [3.8, 4) is 16.5 Å². The summed E-state index contributed by atoms with van der Waals surface area (Å²) in [6.45, 7) is 2.06. The third kappa shape index (κ3) is 2.68. The van der Waals surface area contributed by atoms with E-state index in [4.69, 9.17) is 4.74 Å². The van der Waals surface area contributed by atoms with Gasteiger partial charge in [-0.15, -0.1) is 36.2 Å². The van der Waals surface area contributed by atoms with E-state index in [0.717, 1.165) is 27.5 Å². The summed E-state index contributed by atoms with van der Waals surface area (Å²) in [4.78, 5) is 11.9. The maximum absolute atomic E-state index is 5.36. The molecule has 0 atom stereocenters. The zero-order valence-electron chi connectivity index (χ0n) is 10.3. The molecule has 0 aliphatic heterocycles. The van der Waals surface area contributed by atoms with Crippen LogP contribution >= 0.6 is 36.2 Å². The van der Waals surface area contributed by atoms with Crippen LogP contribution in [0.1, 0.15) is 5.56 Å². The molecule has 0 fully saturated rings. The summed E-state index contributed by atoms with van der Waals surface area (Å²) in [5.41, 5.74) is 4.06. The second-order valence-corrected chi connectivity index (χ2v) is 4.61. The van der Waals surface area contributed by atoms with Crippen molar-refractivity contribution in [1.82, 2.24) is 15.0 Å². The van der Waals surface area contributed by atoms with Crippen molar-refractivity contribution in [2.75, 3.05) is 7.11 Å². The number of thiophene rings is 1. The van der Waals surface area contributed by atoms with Crippen LogP contribution in [0.3, 0.4) is 0 Å². The number of imidazole rings is 1. The molecule has 3 rings (SSSR count). The first-order valence-electron chi connectivity index (χ1n) is 5.22. The molecule has 0 bridgehead atoms. The molecular formula is C12H13Cl2N3OS. The molecule has 0 aromatic carbocycles. The van der Waals surface area contributed by atoms with E-state index in [9.17, 15) is 0 Å². The molecule has 0 radical (unpaired) electrons. The minimum Gasteiger partial charge on any atom is -0.487 e. The normalized spacial score (nSPS) is 9.79. The van der Waals surface area contributed by atoms with Gasteiger partial charge in [0.2, 0.25) is 0 Å². The van der Waals surface area contributed by atoms with E-state index >= 15 is 0 Å². The molecule has 0 spiro atoms. The van der Waals surface area contributed by atoms with Gasteiger partial charge in [0.25, 0.3) is 0 Å². The van der Waals surface area contributed by atoms with Gasteiger partial charge in [0.05, 0.1) is 29.9 Å². The van der Waals surface area contributed by atoms with E-state index in [1.165, 1.54) is 5.56 Å². The Kier molecular flexibility index (Phi) is 5.17. The van der Waals surface area contributed by atoms with Crippen LogP contribution in [0.4, 0.5) is 0 Å². The zero-order valence-corrected chi connectivity index (χ0v) is 12.8. The Bertz CT molecular complexity index is 647. The molecular weight excluding hydrogens is 305 g/mol. The molecule has 3 aromatic heterocycles. The highest BCUT2D eigenvalue weighted by molar-refractivity contribution is 7.12. The highest BCUT2D eigenvalue weighted by Crippen LogP contribution is 2.37. The van der Waals surface area contributed by atoms with Crippen molar-refractivity contribution in [1.29, 1.82) is 0 Å². The van der Waals surface area contributed by atoms with Crippen LogP contribution in [0, 0.1) is 6.92 Å². The Hall–Kier alpha value is -1.30. The predicted octanol–water partition coefficient (Wildman–Crippen LogP) is 3.85. The highest BCUT2D eigenvalue weighted by Gasteiger charge is 2.15. The summed E-state index contributed by atoms with van der Waals surface area (Å²) in [6.07, 6.45) is 3.52. The standard InChI is InChI=1S/C12H11N3OS.2ClH/c1-7-6-17-12(16-2)10(7)11-14-8-3-4-13-5-9(8)15-11;;/h3-6H,1-2H3,(H,14,15);2*1H. The first-order valence-corrected chi connectivity index (χ1v) is 6.09. The fraction of sp³-hybridized carbons (Fsp3) is 0.167. The Morgan fingerprint density at radius 1 is 1.32 bits per heavy atom. The molecule has 0 saturated heterocycles. The number of pyridine rings is 1. The van der Waals surface area contributed by atoms with Gasteiger partial charge in [-0.2, -0.15) is 0 Å². The topological polar surface area (TPSA) is 50.8 Å². The maximum Gasteiger partial charge on any atom is 0.184 e. The summed E-state index contributed by atoms with van der Waals surface area (Å²) in [5.74, 6) is 0.837. The molecule has 0 amide bonds. The third-order valence-electron chi connectivity index (χ3n) is 2.65. The van der Waals surface area contributed by atoms with E-state index in [0.29, 0.717) is 0 Å². The lowest BCUT2D eigenvalue weighted by Gasteiger charge is -2.00. The number of aromatic amines is 1. The molecule has 1 N–H and O–H groups in total. The molecule has 7 heteroatoms. The van der Waals surface area contributed by atoms with Gasteiger partial charge in [-0.05, 0) is 23.9 Å². The van der Waals surface area contributed by atoms with Crippen molar-refractivity contribution in [2.45, 2.75) is 6.92 Å². The number of aryl methyl sites for hydroxylation is 1. The van der Waals surface area contributed by atoms with Crippen LogP contribution in [0.25, 0.3) is 22.4 Å². The minimum absolute atomic E-state index is 0. The Labute approximate surface area is 127 Å². The molecule has 3 heterocycles. The van der Waals surface area contributed by atoms with Gasteiger partial charge in [0.1, 0.15) is 5.82 Å². The number of rotatable bonds is 2. The average molecular weight is 318 g/mol. The fourth-order valence-corrected chi connectivity index (χ4v) is 2.70. The number of methoxy groups -OCH3 is 1. The van der Waals surface area contributed by atoms with Gasteiger partial charge in [-0.1, -0.05) is 0 Å². The number of nitrogens with one attached hydrogen (secondary N) is 1. The summed E-state index contributed by atoms with van der Waals surface area (Å²) in [5, 5.41) is 2.95. The lowest BCUT2D eigenvalue weighted by Crippen LogP contribution is -1.86. The second-order valence-electron chi connectivity index (χ2n) is 3.76. The number of hydrogen-bond acceptors (Lipinski definition) is 4. The second kappa shape index (κ2) is 6.23. The molecule has 0 unspecified atom stereocenters. The SMILES string of the molecule is COc1scc(C)c1-c1nc2ccncc2[nH]1.Cl.Cl. The highest BCUT2D eigenvalue weighted by atomic mass is 35.5. The van der Waals surface area contributed by atoms with E-state index in [1.54, 1.807) is 30.8 Å². The van der Waals surface area contributed by atoms with E-state index in [2.05, 4.69) is 27.3 Å². The van der Waals surface area contributed by atoms with Gasteiger partial charge in [0, 0.05) is 6.20 Å². The fourth-order valence-electron chi connectivity index (χ4n) is 1.83. The van der Waals surface area contributed by atoms with Crippen LogP contribution in [0.15, 0.2) is 23.8 Å². The van der Waals surface area contributed by atoms with Crippen molar-refractivity contribution in [3.63, 3.8) is 0 Å². The Morgan fingerprint density at radius 2 is 2.11 bits per heavy atom. The number of aromatic nitrogens is 3. The molecule has 0 aliphatic rings. The molecule has 102 valence electrons. The van der Waals surface area contributed by atoms with Gasteiger partial charge in [0.15, 0.2) is 5.06 Å². The van der Waals surface area contributed by atoms with Crippen molar-refractivity contribution >= 4 is 47.2 Å². The molecule has 0 saturated carbocycles. The van der Waals surface area contributed by atoms with Crippen molar-refractivity contribution in [3.05, 3.63) is 29.4 Å². The number of nitrogens with zero attached hydrogens (tertiary/aromatic N) is 2. The Morgan fingerprint density at radius 3 is 2.79 bits per heavy atom. The third-order valence-corrected chi connectivity index (χ3v) is 3.70. The van der Waals surface area contributed by atoms with E-state index in [1.807, 2.05) is 6.07 Å². The number of fused-ring (bicyclic) bond motifs is 1. The van der Waals surface area contributed by atoms with Crippen LogP contribution < -0.4 is 4.74 Å². The van der Waals surface area contributed by atoms with Crippen LogP contribution in [0.5, 0.6) is 5.06 Å². The van der Waals surface area contributed by atoms with Crippen LogP contribution in [0.2, 0.25) is 0 Å². The summed E-state index contributed by atoms with van der Waals surface area (Å²) in [6, 6.07) is 1.89. The monoisotopic (exact) mass is 317 g/mol. The van der Waals surface area contributed by atoms with Gasteiger partial charge in [-0.3, -0.25) is 4.98 Å². The van der Waals surface area contributed by atoms with E-state index in [-0.39, 0.29) is 24.8 Å². The molecule has 0 aliphatic carbocycles.